The Kier molecular flexibility index (Phi) is 2.87. The van der Waals surface area contributed by atoms with Crippen molar-refractivity contribution in [3.8, 4) is 0 Å². The molecule has 0 aliphatic heterocycles. The number of hydrogen-bond donors (Lipinski definition) is 1. The monoisotopic (exact) mass is 119 g/mol. The van der Waals surface area contributed by atoms with Crippen molar-refractivity contribution >= 4 is 17.2 Å². The van der Waals surface area contributed by atoms with Gasteiger partial charge in [-0.1, -0.05) is 19.1 Å². The average Bonchev–Trinajstić information content (AvgIpc) is 1.65. The molecule has 0 fully saturated rings. The van der Waals surface area contributed by atoms with E-state index in [2.05, 4.69) is 12.2 Å². The van der Waals surface area contributed by atoms with Crippen molar-refractivity contribution in [2.75, 3.05) is 7.05 Å². The standard InChI is InChI=1S/C4H9NOS/c1-3-4(7)5(2)6/h6H,3H2,1-2H3. The second kappa shape index (κ2) is 2.93. The minimum Gasteiger partial charge on any atom is -0.288 e. The van der Waals surface area contributed by atoms with Crippen LogP contribution in [0.4, 0.5) is 0 Å². The fraction of sp³-hybridized carbons (Fsp3) is 0.750. The van der Waals surface area contributed by atoms with Crippen LogP contribution < -0.4 is 0 Å². The van der Waals surface area contributed by atoms with Gasteiger partial charge in [-0.3, -0.25) is 10.3 Å². The Morgan fingerprint density at radius 1 is 1.86 bits per heavy atom. The second-order valence-electron chi connectivity index (χ2n) is 1.27. The number of nitrogens with zero attached hydrogens (tertiary/aromatic N) is 1. The highest BCUT2D eigenvalue weighted by molar-refractivity contribution is 7.80. The van der Waals surface area contributed by atoms with Crippen LogP contribution in [0.3, 0.4) is 0 Å². The third-order valence-electron chi connectivity index (χ3n) is 0.663. The van der Waals surface area contributed by atoms with E-state index in [-0.39, 0.29) is 0 Å². The smallest absolute Gasteiger partial charge is 0.103 e. The molecule has 0 aromatic carbocycles. The summed E-state index contributed by atoms with van der Waals surface area (Å²) in [6.45, 7) is 1.90. The summed E-state index contributed by atoms with van der Waals surface area (Å²) in [6.07, 6.45) is 0.725. The van der Waals surface area contributed by atoms with Crippen LogP contribution in [0.2, 0.25) is 0 Å². The molecule has 3 heteroatoms. The van der Waals surface area contributed by atoms with Gasteiger partial charge in [0.25, 0.3) is 0 Å². The third kappa shape index (κ3) is 2.53. The molecular weight excluding hydrogens is 110 g/mol. The number of hydrogen-bond acceptors (Lipinski definition) is 2. The molecule has 0 atom stereocenters. The highest BCUT2D eigenvalue weighted by Gasteiger charge is 1.92. The second-order valence-corrected chi connectivity index (χ2v) is 1.74. The third-order valence-corrected chi connectivity index (χ3v) is 1.22. The van der Waals surface area contributed by atoms with Gasteiger partial charge in [0.15, 0.2) is 0 Å². The quantitative estimate of drug-likeness (QED) is 0.412. The van der Waals surface area contributed by atoms with E-state index in [0.29, 0.717) is 4.99 Å². The summed E-state index contributed by atoms with van der Waals surface area (Å²) in [5.74, 6) is 0. The van der Waals surface area contributed by atoms with Crippen molar-refractivity contribution < 1.29 is 5.21 Å². The van der Waals surface area contributed by atoms with Crippen LogP contribution in [-0.2, 0) is 0 Å². The van der Waals surface area contributed by atoms with Crippen LogP contribution in [0.5, 0.6) is 0 Å². The van der Waals surface area contributed by atoms with Crippen molar-refractivity contribution in [1.29, 1.82) is 0 Å². The predicted molar refractivity (Wildman–Crippen MR) is 32.4 cm³/mol. The molecule has 0 saturated carbocycles. The van der Waals surface area contributed by atoms with Gasteiger partial charge in [-0.05, 0) is 6.42 Å². The van der Waals surface area contributed by atoms with Crippen LogP contribution in [0.1, 0.15) is 13.3 Å². The molecule has 0 rings (SSSR count). The number of thiocarbonyl (C=S) groups is 1. The topological polar surface area (TPSA) is 23.5 Å². The fourth-order valence-electron chi connectivity index (χ4n) is 0.229. The Balaban J connectivity index is 3.35. The zero-order chi connectivity index (χ0) is 5.86. The predicted octanol–water partition coefficient (Wildman–Crippen LogP) is 1.04. The largest absolute Gasteiger partial charge is 0.288 e. The Hall–Kier alpha value is -0.150. The van der Waals surface area contributed by atoms with E-state index in [9.17, 15) is 0 Å². The first-order chi connectivity index (χ1) is 3.18. The molecule has 0 spiro atoms. The molecule has 7 heavy (non-hydrogen) atoms. The van der Waals surface area contributed by atoms with Gasteiger partial charge in [-0.2, -0.15) is 0 Å². The molecule has 2 nitrogen and oxygen atoms in total. The number of hydroxylamine groups is 2. The molecule has 0 aliphatic carbocycles. The van der Waals surface area contributed by atoms with E-state index >= 15 is 0 Å². The van der Waals surface area contributed by atoms with E-state index in [1.807, 2.05) is 6.92 Å². The maximum absolute atomic E-state index is 8.51. The van der Waals surface area contributed by atoms with Crippen molar-refractivity contribution in [2.45, 2.75) is 13.3 Å². The van der Waals surface area contributed by atoms with Crippen LogP contribution in [0.25, 0.3) is 0 Å². The SMILES string of the molecule is CCC(=S)N(C)O. The van der Waals surface area contributed by atoms with Gasteiger partial charge in [0, 0.05) is 7.05 Å². The van der Waals surface area contributed by atoms with Gasteiger partial charge < -0.3 is 0 Å². The van der Waals surface area contributed by atoms with Gasteiger partial charge in [0.2, 0.25) is 0 Å². The molecule has 0 radical (unpaired) electrons. The average molecular weight is 119 g/mol. The lowest BCUT2D eigenvalue weighted by atomic mass is 10.5. The fourth-order valence-corrected chi connectivity index (χ4v) is 0.229. The summed E-state index contributed by atoms with van der Waals surface area (Å²) in [7, 11) is 1.52. The van der Waals surface area contributed by atoms with Crippen molar-refractivity contribution in [1.82, 2.24) is 5.06 Å². The summed E-state index contributed by atoms with van der Waals surface area (Å²) in [5.41, 5.74) is 0. The maximum Gasteiger partial charge on any atom is 0.103 e. The van der Waals surface area contributed by atoms with Gasteiger partial charge in [-0.25, -0.2) is 0 Å². The molecule has 0 saturated heterocycles. The van der Waals surface area contributed by atoms with Crippen molar-refractivity contribution in [3.63, 3.8) is 0 Å². The highest BCUT2D eigenvalue weighted by Crippen LogP contribution is 1.85. The summed E-state index contributed by atoms with van der Waals surface area (Å²) in [6, 6.07) is 0. The van der Waals surface area contributed by atoms with Gasteiger partial charge >= 0.3 is 0 Å². The molecule has 0 heterocycles. The highest BCUT2D eigenvalue weighted by atomic mass is 32.1. The molecule has 0 unspecified atom stereocenters. The summed E-state index contributed by atoms with van der Waals surface area (Å²) in [4.78, 5) is 0.569. The summed E-state index contributed by atoms with van der Waals surface area (Å²) < 4.78 is 0. The number of rotatable bonds is 1. The first-order valence-corrected chi connectivity index (χ1v) is 2.54. The minimum absolute atomic E-state index is 0.569. The van der Waals surface area contributed by atoms with Crippen LogP contribution in [-0.4, -0.2) is 22.3 Å². The van der Waals surface area contributed by atoms with E-state index in [1.165, 1.54) is 7.05 Å². The van der Waals surface area contributed by atoms with Crippen LogP contribution in [0, 0.1) is 0 Å². The van der Waals surface area contributed by atoms with E-state index < -0.39 is 0 Å². The first-order valence-electron chi connectivity index (χ1n) is 2.14. The lowest BCUT2D eigenvalue weighted by Crippen LogP contribution is -2.18. The Morgan fingerprint density at radius 3 is 2.29 bits per heavy atom. The van der Waals surface area contributed by atoms with Crippen molar-refractivity contribution in [2.24, 2.45) is 0 Å². The summed E-state index contributed by atoms with van der Waals surface area (Å²) in [5, 5.41) is 9.47. The molecule has 0 aliphatic rings. The minimum atomic E-state index is 0.569. The Labute approximate surface area is 48.7 Å². The van der Waals surface area contributed by atoms with Gasteiger partial charge in [0.1, 0.15) is 4.99 Å². The molecule has 42 valence electrons. The lowest BCUT2D eigenvalue weighted by molar-refractivity contribution is 0.0146. The molecule has 0 aromatic rings. The lowest BCUT2D eigenvalue weighted by Gasteiger charge is -2.07. The van der Waals surface area contributed by atoms with Crippen molar-refractivity contribution in [3.05, 3.63) is 0 Å². The molecule has 1 N–H and O–H groups in total. The summed E-state index contributed by atoms with van der Waals surface area (Å²) >= 11 is 4.66. The molecule has 0 bridgehead atoms. The van der Waals surface area contributed by atoms with Gasteiger partial charge in [0.05, 0.1) is 0 Å². The zero-order valence-corrected chi connectivity index (χ0v) is 5.33. The molecule has 0 aromatic heterocycles. The maximum atomic E-state index is 8.51. The van der Waals surface area contributed by atoms with E-state index in [4.69, 9.17) is 5.21 Å². The zero-order valence-electron chi connectivity index (χ0n) is 4.51. The van der Waals surface area contributed by atoms with Gasteiger partial charge in [-0.15, -0.1) is 0 Å². The van der Waals surface area contributed by atoms with Crippen LogP contribution in [0.15, 0.2) is 0 Å². The first kappa shape index (κ1) is 6.85. The Bertz CT molecular complexity index is 72.1. The van der Waals surface area contributed by atoms with Crippen LogP contribution >= 0.6 is 12.2 Å². The normalized spacial score (nSPS) is 8.43. The van der Waals surface area contributed by atoms with E-state index in [0.717, 1.165) is 11.5 Å². The van der Waals surface area contributed by atoms with E-state index in [1.54, 1.807) is 0 Å². The Morgan fingerprint density at radius 2 is 2.29 bits per heavy atom. The molecule has 0 amide bonds. The molecular formula is C4H9NOS.